The first kappa shape index (κ1) is 15.1. The lowest BCUT2D eigenvalue weighted by Gasteiger charge is -2.04. The van der Waals surface area contributed by atoms with Crippen LogP contribution in [0.4, 0.5) is 5.69 Å². The standard InChI is InChI=1S/C16H15N3OS/c1-3-4-15(20)18-13-7-5-12(6-8-13)11-14-17-10-9-16(19-14)21-2/h5-10H,11H2,1-2H3,(H,18,20). The Hall–Kier alpha value is -2.32. The summed E-state index contributed by atoms with van der Waals surface area (Å²) in [6.45, 7) is 1.63. The van der Waals surface area contributed by atoms with Crippen LogP contribution in [-0.2, 0) is 11.2 Å². The summed E-state index contributed by atoms with van der Waals surface area (Å²) in [6, 6.07) is 9.49. The highest BCUT2D eigenvalue weighted by Gasteiger charge is 2.02. The molecule has 0 aliphatic carbocycles. The lowest BCUT2D eigenvalue weighted by molar-refractivity contribution is -0.111. The Morgan fingerprint density at radius 1 is 1.29 bits per heavy atom. The van der Waals surface area contributed by atoms with Gasteiger partial charge in [0.15, 0.2) is 0 Å². The van der Waals surface area contributed by atoms with E-state index in [1.165, 1.54) is 0 Å². The fraction of sp³-hybridized carbons (Fsp3) is 0.188. The van der Waals surface area contributed by atoms with Gasteiger partial charge in [-0.25, -0.2) is 9.97 Å². The average Bonchev–Trinajstić information content (AvgIpc) is 2.50. The maximum atomic E-state index is 11.4. The third-order valence-electron chi connectivity index (χ3n) is 2.70. The highest BCUT2D eigenvalue weighted by molar-refractivity contribution is 7.98. The van der Waals surface area contributed by atoms with Crippen LogP contribution in [0.15, 0.2) is 41.6 Å². The van der Waals surface area contributed by atoms with Gasteiger partial charge in [-0.2, -0.15) is 0 Å². The van der Waals surface area contributed by atoms with E-state index in [-0.39, 0.29) is 5.91 Å². The van der Waals surface area contributed by atoms with Crippen LogP contribution < -0.4 is 5.32 Å². The second-order valence-corrected chi connectivity index (χ2v) is 5.04. The molecular formula is C16H15N3OS. The number of aromatic nitrogens is 2. The Kier molecular flexibility index (Phi) is 5.35. The van der Waals surface area contributed by atoms with Gasteiger partial charge in [-0.1, -0.05) is 18.1 Å². The maximum Gasteiger partial charge on any atom is 0.300 e. The molecule has 0 atom stereocenters. The lowest BCUT2D eigenvalue weighted by atomic mass is 10.1. The van der Waals surface area contributed by atoms with E-state index in [4.69, 9.17) is 0 Å². The van der Waals surface area contributed by atoms with Crippen molar-refractivity contribution in [3.05, 3.63) is 47.9 Å². The Bertz CT molecular complexity index is 687. The van der Waals surface area contributed by atoms with E-state index in [1.54, 1.807) is 24.9 Å². The second kappa shape index (κ2) is 7.46. The second-order valence-electron chi connectivity index (χ2n) is 4.22. The Balaban J connectivity index is 2.04. The van der Waals surface area contributed by atoms with Crippen molar-refractivity contribution in [3.63, 3.8) is 0 Å². The highest BCUT2D eigenvalue weighted by atomic mass is 32.2. The monoisotopic (exact) mass is 297 g/mol. The third-order valence-corrected chi connectivity index (χ3v) is 3.35. The quantitative estimate of drug-likeness (QED) is 0.535. The predicted molar refractivity (Wildman–Crippen MR) is 85.1 cm³/mol. The zero-order chi connectivity index (χ0) is 15.1. The summed E-state index contributed by atoms with van der Waals surface area (Å²) in [5.41, 5.74) is 1.82. The van der Waals surface area contributed by atoms with Crippen LogP contribution in [0.2, 0.25) is 0 Å². The van der Waals surface area contributed by atoms with Gasteiger partial charge in [-0.15, -0.1) is 11.8 Å². The first-order chi connectivity index (χ1) is 10.2. The fourth-order valence-electron chi connectivity index (χ4n) is 1.74. The number of carbonyl (C=O) groups excluding carboxylic acids is 1. The molecule has 5 heteroatoms. The molecule has 0 saturated heterocycles. The topological polar surface area (TPSA) is 54.9 Å². The molecule has 2 rings (SSSR count). The van der Waals surface area contributed by atoms with Gasteiger partial charge in [0.05, 0.1) is 5.03 Å². The lowest BCUT2D eigenvalue weighted by Crippen LogP contribution is -2.08. The number of nitrogens with zero attached hydrogens (tertiary/aromatic N) is 2. The number of anilines is 1. The SMILES string of the molecule is CC#CC(=O)Nc1ccc(Cc2nccc(SC)n2)cc1. The van der Waals surface area contributed by atoms with Gasteiger partial charge in [-0.05, 0) is 42.9 Å². The van der Waals surface area contributed by atoms with Gasteiger partial charge >= 0.3 is 0 Å². The van der Waals surface area contributed by atoms with Crippen molar-refractivity contribution >= 4 is 23.4 Å². The van der Waals surface area contributed by atoms with Crippen molar-refractivity contribution in [1.29, 1.82) is 0 Å². The van der Waals surface area contributed by atoms with Crippen molar-refractivity contribution in [2.24, 2.45) is 0 Å². The normalized spacial score (nSPS) is 9.62. The molecule has 0 spiro atoms. The number of benzene rings is 1. The molecule has 4 nitrogen and oxygen atoms in total. The molecule has 1 aromatic carbocycles. The number of nitrogens with one attached hydrogen (secondary N) is 1. The van der Waals surface area contributed by atoms with Crippen LogP contribution >= 0.6 is 11.8 Å². The molecule has 1 amide bonds. The van der Waals surface area contributed by atoms with Gasteiger partial charge in [0.1, 0.15) is 5.82 Å². The molecule has 1 aromatic heterocycles. The van der Waals surface area contributed by atoms with E-state index < -0.39 is 0 Å². The molecule has 0 bridgehead atoms. The minimum Gasteiger partial charge on any atom is -0.315 e. The average molecular weight is 297 g/mol. The summed E-state index contributed by atoms with van der Waals surface area (Å²) >= 11 is 1.60. The number of carbonyl (C=O) groups is 1. The summed E-state index contributed by atoms with van der Waals surface area (Å²) in [6.07, 6.45) is 4.42. The van der Waals surface area contributed by atoms with Crippen molar-refractivity contribution in [3.8, 4) is 11.8 Å². The third kappa shape index (κ3) is 4.62. The van der Waals surface area contributed by atoms with Crippen molar-refractivity contribution in [2.75, 3.05) is 11.6 Å². The molecule has 1 heterocycles. The van der Waals surface area contributed by atoms with Gasteiger partial charge in [0.25, 0.3) is 5.91 Å². The van der Waals surface area contributed by atoms with Crippen molar-refractivity contribution < 1.29 is 4.79 Å². The Morgan fingerprint density at radius 2 is 2.05 bits per heavy atom. The zero-order valence-corrected chi connectivity index (χ0v) is 12.7. The van der Waals surface area contributed by atoms with Crippen molar-refractivity contribution in [2.45, 2.75) is 18.4 Å². The fourth-order valence-corrected chi connectivity index (χ4v) is 2.14. The minimum absolute atomic E-state index is 0.304. The number of amides is 1. The van der Waals surface area contributed by atoms with E-state index >= 15 is 0 Å². The van der Waals surface area contributed by atoms with Crippen LogP contribution in [-0.4, -0.2) is 22.1 Å². The molecule has 1 N–H and O–H groups in total. The van der Waals surface area contributed by atoms with Crippen LogP contribution in [0.25, 0.3) is 0 Å². The number of hydrogen-bond acceptors (Lipinski definition) is 4. The zero-order valence-electron chi connectivity index (χ0n) is 11.9. The smallest absolute Gasteiger partial charge is 0.300 e. The molecule has 0 saturated carbocycles. The minimum atomic E-state index is -0.304. The van der Waals surface area contributed by atoms with Gasteiger partial charge in [0, 0.05) is 18.3 Å². The van der Waals surface area contributed by atoms with E-state index in [9.17, 15) is 4.79 Å². The molecule has 0 fully saturated rings. The summed E-state index contributed by atoms with van der Waals surface area (Å²) in [7, 11) is 0. The molecule has 0 aliphatic heterocycles. The summed E-state index contributed by atoms with van der Waals surface area (Å²) < 4.78 is 0. The first-order valence-corrected chi connectivity index (χ1v) is 7.62. The molecule has 0 unspecified atom stereocenters. The predicted octanol–water partition coefficient (Wildman–Crippen LogP) is 2.75. The van der Waals surface area contributed by atoms with Crippen LogP contribution in [0.5, 0.6) is 0 Å². The van der Waals surface area contributed by atoms with Crippen LogP contribution in [0.3, 0.4) is 0 Å². The van der Waals surface area contributed by atoms with Crippen LogP contribution in [0, 0.1) is 11.8 Å². The van der Waals surface area contributed by atoms with Gasteiger partial charge in [-0.3, -0.25) is 4.79 Å². The summed E-state index contributed by atoms with van der Waals surface area (Å²) in [5.74, 6) is 5.48. The van der Waals surface area contributed by atoms with Gasteiger partial charge in [0.2, 0.25) is 0 Å². The van der Waals surface area contributed by atoms with E-state index in [2.05, 4.69) is 27.1 Å². The number of hydrogen-bond donors (Lipinski definition) is 1. The molecular weight excluding hydrogens is 282 g/mol. The van der Waals surface area contributed by atoms with Crippen LogP contribution in [0.1, 0.15) is 18.3 Å². The summed E-state index contributed by atoms with van der Waals surface area (Å²) in [4.78, 5) is 20.1. The molecule has 0 aliphatic rings. The number of thioether (sulfide) groups is 1. The molecule has 0 radical (unpaired) electrons. The van der Waals surface area contributed by atoms with Crippen molar-refractivity contribution in [1.82, 2.24) is 9.97 Å². The first-order valence-electron chi connectivity index (χ1n) is 6.40. The van der Waals surface area contributed by atoms with E-state index in [1.807, 2.05) is 36.6 Å². The molecule has 2 aromatic rings. The maximum absolute atomic E-state index is 11.4. The summed E-state index contributed by atoms with van der Waals surface area (Å²) in [5, 5.41) is 3.67. The largest absolute Gasteiger partial charge is 0.315 e. The Morgan fingerprint density at radius 3 is 2.71 bits per heavy atom. The van der Waals surface area contributed by atoms with E-state index in [0.717, 1.165) is 22.1 Å². The molecule has 21 heavy (non-hydrogen) atoms. The highest BCUT2D eigenvalue weighted by Crippen LogP contribution is 2.14. The Labute approximate surface area is 128 Å². The molecule has 106 valence electrons. The van der Waals surface area contributed by atoms with E-state index in [0.29, 0.717) is 6.42 Å². The van der Waals surface area contributed by atoms with Gasteiger partial charge < -0.3 is 5.32 Å². The number of rotatable bonds is 4.